The van der Waals surface area contributed by atoms with Crippen LogP contribution >= 0.6 is 0 Å². The number of carbonyl (C=O) groups excluding carboxylic acids is 3. The molecule has 310 valence electrons. The lowest BCUT2D eigenvalue weighted by atomic mass is 10.1. The van der Waals surface area contributed by atoms with E-state index in [1.54, 1.807) is 0 Å². The van der Waals surface area contributed by atoms with Crippen LogP contribution in [0.2, 0.25) is 0 Å². The number of ether oxygens (including phenoxy) is 11. The molecule has 1 aliphatic rings. The summed E-state index contributed by atoms with van der Waals surface area (Å²) < 4.78 is 59.8. The van der Waals surface area contributed by atoms with E-state index in [4.69, 9.17) is 52.1 Å². The second kappa shape index (κ2) is 39.6. The number of hydrogen-bond acceptors (Lipinski definition) is 14. The molecule has 0 N–H and O–H groups in total. The molecule has 1 heterocycles. The molecule has 0 fully saturated rings. The lowest BCUT2D eigenvalue weighted by molar-refractivity contribution is -0.145. The van der Waals surface area contributed by atoms with E-state index >= 15 is 0 Å². The maximum atomic E-state index is 11.8. The van der Waals surface area contributed by atoms with Crippen LogP contribution in [0.3, 0.4) is 0 Å². The fourth-order valence-corrected chi connectivity index (χ4v) is 4.76. The molecule has 0 bridgehead atoms. The van der Waals surface area contributed by atoms with Gasteiger partial charge in [0.2, 0.25) is 0 Å². The number of unbranched alkanes of at least 4 members (excludes halogenated alkanes) is 8. The van der Waals surface area contributed by atoms with E-state index in [2.05, 4.69) is 6.92 Å². The van der Waals surface area contributed by atoms with Gasteiger partial charge in [0, 0.05) is 18.6 Å². The van der Waals surface area contributed by atoms with Crippen molar-refractivity contribution >= 4 is 17.8 Å². The second-order valence-electron chi connectivity index (χ2n) is 12.1. The number of rotatable bonds is 43. The smallest absolute Gasteiger partial charge is 0.305 e. The van der Waals surface area contributed by atoms with Gasteiger partial charge in [0.15, 0.2) is 0 Å². The molecule has 2 amide bonds. The average molecular weight is 764 g/mol. The van der Waals surface area contributed by atoms with Crippen LogP contribution in [0.4, 0.5) is 0 Å². The molecular weight excluding hydrogens is 694 g/mol. The second-order valence-corrected chi connectivity index (χ2v) is 12.1. The van der Waals surface area contributed by atoms with E-state index in [1.807, 2.05) is 0 Å². The van der Waals surface area contributed by atoms with Crippen molar-refractivity contribution in [1.29, 1.82) is 0 Å². The Kier molecular flexibility index (Phi) is 36.6. The summed E-state index contributed by atoms with van der Waals surface area (Å²) in [6.45, 7) is 11.7. The summed E-state index contributed by atoms with van der Waals surface area (Å²) in [6, 6.07) is 0. The average Bonchev–Trinajstić information content (AvgIpc) is 3.48. The zero-order valence-electron chi connectivity index (χ0n) is 32.4. The summed E-state index contributed by atoms with van der Waals surface area (Å²) in [4.78, 5) is 35.7. The Labute approximate surface area is 317 Å². The Balaban J connectivity index is 1.64. The first-order chi connectivity index (χ1) is 26.1. The highest BCUT2D eigenvalue weighted by Crippen LogP contribution is 2.10. The first kappa shape index (κ1) is 49.0. The Morgan fingerprint density at radius 3 is 1.04 bits per heavy atom. The van der Waals surface area contributed by atoms with Crippen LogP contribution in [0, 0.1) is 0 Å². The Morgan fingerprint density at radius 1 is 0.415 bits per heavy atom. The molecule has 0 atom stereocenters. The molecule has 0 aromatic carbocycles. The molecule has 15 heteroatoms. The minimum atomic E-state index is -0.308. The molecule has 1 rings (SSSR count). The summed E-state index contributed by atoms with van der Waals surface area (Å²) in [5, 5.41) is 0. The molecule has 0 aliphatic carbocycles. The van der Waals surface area contributed by atoms with Gasteiger partial charge in [-0.15, -0.1) is 0 Å². The molecule has 0 saturated carbocycles. The van der Waals surface area contributed by atoms with Gasteiger partial charge in [-0.2, -0.15) is 0 Å². The van der Waals surface area contributed by atoms with Gasteiger partial charge in [-0.3, -0.25) is 19.3 Å². The topological polar surface area (TPSA) is 156 Å². The Hall–Kier alpha value is -2.05. The minimum absolute atomic E-state index is 0.143. The van der Waals surface area contributed by atoms with Gasteiger partial charge in [0.05, 0.1) is 139 Å². The van der Waals surface area contributed by atoms with Crippen LogP contribution in [0.25, 0.3) is 0 Å². The van der Waals surface area contributed by atoms with Crippen molar-refractivity contribution in [3.8, 4) is 0 Å². The van der Waals surface area contributed by atoms with E-state index in [1.165, 1.54) is 57.1 Å². The highest BCUT2D eigenvalue weighted by atomic mass is 16.6. The third-order valence-corrected chi connectivity index (χ3v) is 7.68. The van der Waals surface area contributed by atoms with E-state index in [0.29, 0.717) is 132 Å². The molecule has 53 heavy (non-hydrogen) atoms. The third kappa shape index (κ3) is 34.2. The fraction of sp³-hybridized carbons (Fsp3) is 0.868. The van der Waals surface area contributed by atoms with Crippen LogP contribution in [-0.4, -0.2) is 168 Å². The van der Waals surface area contributed by atoms with E-state index in [-0.39, 0.29) is 37.5 Å². The zero-order valence-corrected chi connectivity index (χ0v) is 32.4. The molecule has 15 nitrogen and oxygen atoms in total. The van der Waals surface area contributed by atoms with Crippen LogP contribution in [0.5, 0.6) is 0 Å². The van der Waals surface area contributed by atoms with Crippen molar-refractivity contribution in [2.75, 3.05) is 145 Å². The predicted molar refractivity (Wildman–Crippen MR) is 197 cm³/mol. The van der Waals surface area contributed by atoms with Gasteiger partial charge in [0.1, 0.15) is 6.61 Å². The first-order valence-electron chi connectivity index (χ1n) is 19.6. The molecule has 0 saturated heterocycles. The summed E-state index contributed by atoms with van der Waals surface area (Å²) in [5.41, 5.74) is 0. The van der Waals surface area contributed by atoms with Crippen molar-refractivity contribution < 1.29 is 66.5 Å². The number of nitrogens with zero attached hydrogens (tertiary/aromatic N) is 1. The Morgan fingerprint density at radius 2 is 0.698 bits per heavy atom. The van der Waals surface area contributed by atoms with Crippen molar-refractivity contribution in [2.45, 2.75) is 71.1 Å². The largest absolute Gasteiger partial charge is 0.463 e. The quantitative estimate of drug-likeness (QED) is 0.0505. The number of hydrogen-bond donors (Lipinski definition) is 0. The highest BCUT2D eigenvalue weighted by Gasteiger charge is 2.22. The minimum Gasteiger partial charge on any atom is -0.463 e. The summed E-state index contributed by atoms with van der Waals surface area (Å²) in [7, 11) is 0. The van der Waals surface area contributed by atoms with Crippen molar-refractivity contribution in [3.05, 3.63) is 12.2 Å². The molecule has 0 unspecified atom stereocenters. The van der Waals surface area contributed by atoms with Gasteiger partial charge < -0.3 is 52.1 Å². The van der Waals surface area contributed by atoms with Crippen LogP contribution in [0.1, 0.15) is 71.1 Å². The summed E-state index contributed by atoms with van der Waals surface area (Å²) in [6.07, 6.45) is 14.1. The van der Waals surface area contributed by atoms with Gasteiger partial charge in [0.25, 0.3) is 11.8 Å². The fourth-order valence-electron chi connectivity index (χ4n) is 4.76. The lowest BCUT2D eigenvalue weighted by Crippen LogP contribution is -2.33. The number of amides is 2. The van der Waals surface area contributed by atoms with Crippen molar-refractivity contribution in [3.63, 3.8) is 0 Å². The van der Waals surface area contributed by atoms with E-state index in [0.717, 1.165) is 17.7 Å². The predicted octanol–water partition coefficient (Wildman–Crippen LogP) is 3.54. The maximum absolute atomic E-state index is 11.8. The lowest BCUT2D eigenvalue weighted by Gasteiger charge is -2.13. The van der Waals surface area contributed by atoms with Gasteiger partial charge in [-0.1, -0.05) is 58.3 Å². The Bertz CT molecular complexity index is 860. The van der Waals surface area contributed by atoms with Crippen molar-refractivity contribution in [2.24, 2.45) is 0 Å². The molecule has 0 spiro atoms. The van der Waals surface area contributed by atoms with Gasteiger partial charge in [-0.25, -0.2) is 0 Å². The normalized spacial score (nSPS) is 12.8. The molecule has 0 radical (unpaired) electrons. The van der Waals surface area contributed by atoms with Crippen LogP contribution in [0.15, 0.2) is 12.2 Å². The zero-order chi connectivity index (χ0) is 38.1. The number of carbonyl (C=O) groups is 3. The van der Waals surface area contributed by atoms with Crippen LogP contribution < -0.4 is 0 Å². The third-order valence-electron chi connectivity index (χ3n) is 7.68. The SMILES string of the molecule is CCCCCCCCCCCC(=O)OCCOCCOCCOCCOCCOCCOCCOCCOCCOCCOCCN1C(=O)C=CC1=O. The monoisotopic (exact) mass is 763 g/mol. The van der Waals surface area contributed by atoms with Gasteiger partial charge >= 0.3 is 5.97 Å². The van der Waals surface area contributed by atoms with E-state index < -0.39 is 0 Å². The number of imide groups is 1. The highest BCUT2D eigenvalue weighted by molar-refractivity contribution is 6.12. The van der Waals surface area contributed by atoms with Crippen LogP contribution in [-0.2, 0) is 66.5 Å². The van der Waals surface area contributed by atoms with Crippen molar-refractivity contribution in [1.82, 2.24) is 4.90 Å². The maximum Gasteiger partial charge on any atom is 0.305 e. The molecule has 1 aliphatic heterocycles. The summed E-state index contributed by atoms with van der Waals surface area (Å²) >= 11 is 0. The van der Waals surface area contributed by atoms with Gasteiger partial charge in [-0.05, 0) is 6.42 Å². The summed E-state index contributed by atoms with van der Waals surface area (Å²) in [5.74, 6) is -0.759. The standard InChI is InChI=1S/C38H69NO14/c1-2-3-4-5-6-7-8-9-10-11-38(42)53-35-34-52-33-32-51-31-30-50-29-28-49-27-26-48-25-24-47-23-22-46-21-20-45-19-18-44-17-16-43-15-14-39-36(40)12-13-37(39)41/h12-13H,2-11,14-35H2,1H3. The molecular formula is C38H69NO14. The number of esters is 1. The van der Waals surface area contributed by atoms with E-state index in [9.17, 15) is 14.4 Å². The molecule has 0 aromatic rings. The first-order valence-corrected chi connectivity index (χ1v) is 19.6. The molecule has 0 aromatic heterocycles.